The molecule has 0 spiro atoms. The van der Waals surface area contributed by atoms with Crippen LogP contribution < -0.4 is 5.32 Å². The maximum Gasteiger partial charge on any atom is 0.223 e. The lowest BCUT2D eigenvalue weighted by Crippen LogP contribution is -2.35. The summed E-state index contributed by atoms with van der Waals surface area (Å²) in [5.74, 6) is -0.578. The van der Waals surface area contributed by atoms with Crippen molar-refractivity contribution in [3.63, 3.8) is 0 Å². The minimum absolute atomic E-state index is 0.109. The van der Waals surface area contributed by atoms with Crippen molar-refractivity contribution in [3.05, 3.63) is 77.2 Å². The molecule has 25 heavy (non-hydrogen) atoms. The molecule has 0 saturated carbocycles. The Balaban J connectivity index is 1.70. The molecule has 1 aliphatic heterocycles. The van der Waals surface area contributed by atoms with E-state index in [9.17, 15) is 14.0 Å². The number of benzene rings is 2. The van der Waals surface area contributed by atoms with Gasteiger partial charge in [-0.05, 0) is 34.9 Å². The summed E-state index contributed by atoms with van der Waals surface area (Å²) in [6.45, 7) is 1.81. The topological polar surface area (TPSA) is 49.4 Å². The predicted molar refractivity (Wildman–Crippen MR) is 93.6 cm³/mol. The summed E-state index contributed by atoms with van der Waals surface area (Å²) in [5.41, 5.74) is 2.79. The highest BCUT2D eigenvalue weighted by atomic mass is 19.1. The fraction of sp³-hybridized carbons (Fsp3) is 0.200. The van der Waals surface area contributed by atoms with E-state index in [2.05, 4.69) is 5.32 Å². The van der Waals surface area contributed by atoms with Gasteiger partial charge >= 0.3 is 0 Å². The van der Waals surface area contributed by atoms with Crippen LogP contribution in [0.4, 0.5) is 4.39 Å². The zero-order valence-corrected chi connectivity index (χ0v) is 13.9. The second kappa shape index (κ2) is 7.30. The van der Waals surface area contributed by atoms with Crippen LogP contribution in [0, 0.1) is 5.82 Å². The zero-order chi connectivity index (χ0) is 17.8. The molecule has 128 valence electrons. The van der Waals surface area contributed by atoms with Gasteiger partial charge in [-0.2, -0.15) is 0 Å². The number of halogens is 1. The number of fused-ring (bicyclic) bond motifs is 1. The number of carbonyl (C=O) groups is 2. The van der Waals surface area contributed by atoms with Crippen LogP contribution in [0.2, 0.25) is 0 Å². The number of carbonyl (C=O) groups excluding carboxylic acids is 2. The van der Waals surface area contributed by atoms with E-state index in [-0.39, 0.29) is 30.1 Å². The fourth-order valence-corrected chi connectivity index (χ4v) is 2.96. The molecule has 1 N–H and O–H groups in total. The number of amides is 2. The minimum Gasteiger partial charge on any atom is -0.352 e. The average Bonchev–Trinajstić information content (AvgIpc) is 2.61. The molecule has 2 amide bonds. The van der Waals surface area contributed by atoms with Gasteiger partial charge < -0.3 is 10.2 Å². The van der Waals surface area contributed by atoms with Gasteiger partial charge in [0.05, 0.1) is 12.5 Å². The van der Waals surface area contributed by atoms with Crippen LogP contribution in [0.25, 0.3) is 6.08 Å². The van der Waals surface area contributed by atoms with Crippen LogP contribution in [0.5, 0.6) is 0 Å². The normalized spacial score (nSPS) is 15.6. The molecular weight excluding hydrogens is 319 g/mol. The highest BCUT2D eigenvalue weighted by Gasteiger charge is 2.27. The van der Waals surface area contributed by atoms with E-state index in [1.54, 1.807) is 23.2 Å². The number of hydrogen-bond donors (Lipinski definition) is 1. The van der Waals surface area contributed by atoms with E-state index in [1.165, 1.54) is 19.1 Å². The van der Waals surface area contributed by atoms with Crippen molar-refractivity contribution in [2.24, 2.45) is 0 Å². The molecule has 5 heteroatoms. The standard InChI is InChI=1S/C20H19FN2O2/c1-14(24)23-11-10-16-4-2-3-5-18(16)19(23)12-20(25)22-13-15-6-8-17(21)9-7-15/h2-11,19H,12-13H2,1H3,(H,22,25)/t19-/m0/s1. The largest absolute Gasteiger partial charge is 0.352 e. The van der Waals surface area contributed by atoms with Crippen molar-refractivity contribution in [1.82, 2.24) is 10.2 Å². The number of nitrogens with zero attached hydrogens (tertiary/aromatic N) is 1. The van der Waals surface area contributed by atoms with Crippen molar-refractivity contribution >= 4 is 17.9 Å². The van der Waals surface area contributed by atoms with Crippen LogP contribution >= 0.6 is 0 Å². The monoisotopic (exact) mass is 338 g/mol. The second-order valence-corrected chi connectivity index (χ2v) is 5.99. The third-order valence-electron chi connectivity index (χ3n) is 4.25. The molecule has 1 aliphatic rings. The molecule has 1 heterocycles. The quantitative estimate of drug-likeness (QED) is 0.929. The SMILES string of the molecule is CC(=O)N1C=Cc2ccccc2[C@@H]1CC(=O)NCc1ccc(F)cc1. The smallest absolute Gasteiger partial charge is 0.223 e. The molecule has 0 aromatic heterocycles. The lowest BCUT2D eigenvalue weighted by Gasteiger charge is -2.32. The maximum absolute atomic E-state index is 12.9. The van der Waals surface area contributed by atoms with Crippen molar-refractivity contribution < 1.29 is 14.0 Å². The molecule has 0 saturated heterocycles. The van der Waals surface area contributed by atoms with Gasteiger partial charge in [0.1, 0.15) is 5.82 Å². The van der Waals surface area contributed by atoms with Gasteiger partial charge in [0, 0.05) is 19.7 Å². The van der Waals surface area contributed by atoms with Gasteiger partial charge in [0.15, 0.2) is 0 Å². The summed E-state index contributed by atoms with van der Waals surface area (Å²) in [6, 6.07) is 13.4. The first-order chi connectivity index (χ1) is 12.0. The third kappa shape index (κ3) is 3.94. The first-order valence-electron chi connectivity index (χ1n) is 8.12. The summed E-state index contributed by atoms with van der Waals surface area (Å²) >= 11 is 0. The Bertz CT molecular complexity index is 815. The van der Waals surface area contributed by atoms with Crippen LogP contribution in [-0.2, 0) is 16.1 Å². The van der Waals surface area contributed by atoms with Gasteiger partial charge in [0.25, 0.3) is 0 Å². The van der Waals surface area contributed by atoms with Gasteiger partial charge in [-0.15, -0.1) is 0 Å². The molecule has 0 radical (unpaired) electrons. The lowest BCUT2D eigenvalue weighted by atomic mass is 9.93. The molecule has 1 atom stereocenters. The second-order valence-electron chi connectivity index (χ2n) is 5.99. The van der Waals surface area contributed by atoms with E-state index in [1.807, 2.05) is 30.3 Å². The maximum atomic E-state index is 12.9. The molecule has 3 rings (SSSR count). The molecular formula is C20H19FN2O2. The van der Waals surface area contributed by atoms with E-state index in [0.717, 1.165) is 16.7 Å². The van der Waals surface area contributed by atoms with Crippen molar-refractivity contribution in [3.8, 4) is 0 Å². The highest BCUT2D eigenvalue weighted by molar-refractivity contribution is 5.81. The Morgan fingerprint density at radius 1 is 1.12 bits per heavy atom. The number of rotatable bonds is 4. The summed E-state index contributed by atoms with van der Waals surface area (Å²) < 4.78 is 12.9. The molecule has 2 aromatic carbocycles. The zero-order valence-electron chi connectivity index (χ0n) is 13.9. The summed E-state index contributed by atoms with van der Waals surface area (Å²) in [6.07, 6.45) is 3.77. The number of hydrogen-bond acceptors (Lipinski definition) is 2. The molecule has 0 bridgehead atoms. The first kappa shape index (κ1) is 16.9. The van der Waals surface area contributed by atoms with Crippen molar-refractivity contribution in [2.75, 3.05) is 0 Å². The van der Waals surface area contributed by atoms with Gasteiger partial charge in [-0.3, -0.25) is 9.59 Å². The van der Waals surface area contributed by atoms with Crippen molar-refractivity contribution in [2.45, 2.75) is 25.9 Å². The lowest BCUT2D eigenvalue weighted by molar-refractivity contribution is -0.130. The van der Waals surface area contributed by atoms with E-state index in [0.29, 0.717) is 6.54 Å². The predicted octanol–water partition coefficient (Wildman–Crippen LogP) is 3.41. The number of nitrogens with one attached hydrogen (secondary N) is 1. The van der Waals surface area contributed by atoms with Crippen molar-refractivity contribution in [1.29, 1.82) is 0 Å². The summed E-state index contributed by atoms with van der Waals surface area (Å²) in [4.78, 5) is 25.9. The molecule has 0 fully saturated rings. The van der Waals surface area contributed by atoms with Gasteiger partial charge in [0.2, 0.25) is 11.8 Å². The van der Waals surface area contributed by atoms with Crippen LogP contribution in [0.15, 0.2) is 54.7 Å². The van der Waals surface area contributed by atoms with Crippen LogP contribution in [-0.4, -0.2) is 16.7 Å². The van der Waals surface area contributed by atoms with E-state index >= 15 is 0 Å². The minimum atomic E-state index is -0.327. The Morgan fingerprint density at radius 3 is 2.56 bits per heavy atom. The highest BCUT2D eigenvalue weighted by Crippen LogP contribution is 2.32. The third-order valence-corrected chi connectivity index (χ3v) is 4.25. The Kier molecular flexibility index (Phi) is 4.93. The van der Waals surface area contributed by atoms with E-state index < -0.39 is 0 Å². The fourth-order valence-electron chi connectivity index (χ4n) is 2.96. The van der Waals surface area contributed by atoms with E-state index in [4.69, 9.17) is 0 Å². The molecule has 4 nitrogen and oxygen atoms in total. The average molecular weight is 338 g/mol. The molecule has 2 aromatic rings. The first-order valence-corrected chi connectivity index (χ1v) is 8.12. The molecule has 0 aliphatic carbocycles. The summed E-state index contributed by atoms with van der Waals surface area (Å²) in [7, 11) is 0. The van der Waals surface area contributed by atoms with Gasteiger partial charge in [-0.25, -0.2) is 4.39 Å². The summed E-state index contributed by atoms with van der Waals surface area (Å²) in [5, 5.41) is 2.83. The Morgan fingerprint density at radius 2 is 1.84 bits per heavy atom. The van der Waals surface area contributed by atoms with Crippen LogP contribution in [0.3, 0.4) is 0 Å². The molecule has 0 unspecified atom stereocenters. The van der Waals surface area contributed by atoms with Gasteiger partial charge in [-0.1, -0.05) is 36.4 Å². The van der Waals surface area contributed by atoms with Crippen LogP contribution in [0.1, 0.15) is 36.1 Å². The Hall–Kier alpha value is -2.95. The Labute approximate surface area is 146 Å².